The van der Waals surface area contributed by atoms with Crippen molar-refractivity contribution in [1.82, 2.24) is 5.32 Å². The molecule has 1 atom stereocenters. The van der Waals surface area contributed by atoms with Gasteiger partial charge in [0.1, 0.15) is 0 Å². The fraction of sp³-hybridized carbons (Fsp3) is 0.500. The highest BCUT2D eigenvalue weighted by molar-refractivity contribution is 5.30. The van der Waals surface area contributed by atoms with Crippen LogP contribution in [-0.2, 0) is 0 Å². The third-order valence-corrected chi connectivity index (χ3v) is 2.97. The van der Waals surface area contributed by atoms with Crippen LogP contribution in [-0.4, -0.2) is 13.2 Å². The second-order valence-electron chi connectivity index (χ2n) is 4.65. The van der Waals surface area contributed by atoms with Crippen LogP contribution in [0, 0.1) is 5.82 Å². The van der Waals surface area contributed by atoms with E-state index in [1.807, 2.05) is 19.1 Å². The second kappa shape index (κ2) is 8.70. The van der Waals surface area contributed by atoms with E-state index in [1.54, 1.807) is 12.1 Å². The summed E-state index contributed by atoms with van der Waals surface area (Å²) in [6.07, 6.45) is 4.65. The third kappa shape index (κ3) is 5.43. The maximum absolute atomic E-state index is 13.9. The molecule has 0 saturated carbocycles. The Bertz CT molecular complexity index is 392. The molecule has 1 unspecified atom stereocenters. The first-order valence-corrected chi connectivity index (χ1v) is 6.95. The van der Waals surface area contributed by atoms with E-state index in [0.717, 1.165) is 31.4 Å². The van der Waals surface area contributed by atoms with Crippen LogP contribution in [0.15, 0.2) is 30.9 Å². The summed E-state index contributed by atoms with van der Waals surface area (Å²) < 4.78 is 19.3. The molecule has 0 aliphatic rings. The van der Waals surface area contributed by atoms with E-state index in [9.17, 15) is 4.39 Å². The maximum Gasteiger partial charge on any atom is 0.165 e. The quantitative estimate of drug-likeness (QED) is 0.533. The van der Waals surface area contributed by atoms with Crippen LogP contribution in [0.4, 0.5) is 4.39 Å². The van der Waals surface area contributed by atoms with Crippen molar-refractivity contribution in [2.75, 3.05) is 13.2 Å². The zero-order valence-electron chi connectivity index (χ0n) is 11.9. The van der Waals surface area contributed by atoms with E-state index in [-0.39, 0.29) is 11.9 Å². The van der Waals surface area contributed by atoms with Gasteiger partial charge in [-0.15, -0.1) is 6.58 Å². The van der Waals surface area contributed by atoms with Gasteiger partial charge in [0.05, 0.1) is 6.61 Å². The highest BCUT2D eigenvalue weighted by atomic mass is 19.1. The topological polar surface area (TPSA) is 21.3 Å². The predicted octanol–water partition coefficient (Wildman–Crippen LogP) is 4.23. The van der Waals surface area contributed by atoms with Crippen LogP contribution in [0.1, 0.15) is 44.7 Å². The molecular formula is C16H24FNO. The van der Waals surface area contributed by atoms with Crippen LogP contribution >= 0.6 is 0 Å². The zero-order valence-corrected chi connectivity index (χ0v) is 11.9. The molecule has 1 N–H and O–H groups in total. The van der Waals surface area contributed by atoms with Crippen molar-refractivity contribution in [1.29, 1.82) is 0 Å². The Morgan fingerprint density at radius 1 is 1.47 bits per heavy atom. The molecule has 1 aromatic rings. The van der Waals surface area contributed by atoms with Crippen LogP contribution in [0.5, 0.6) is 5.75 Å². The predicted molar refractivity (Wildman–Crippen MR) is 78.0 cm³/mol. The number of benzene rings is 1. The smallest absolute Gasteiger partial charge is 0.165 e. The zero-order chi connectivity index (χ0) is 14.1. The Morgan fingerprint density at radius 3 is 2.89 bits per heavy atom. The van der Waals surface area contributed by atoms with Crippen molar-refractivity contribution in [2.24, 2.45) is 0 Å². The average Bonchev–Trinajstić information content (AvgIpc) is 2.42. The molecule has 19 heavy (non-hydrogen) atoms. The molecule has 0 radical (unpaired) electrons. The van der Waals surface area contributed by atoms with E-state index in [4.69, 9.17) is 4.74 Å². The maximum atomic E-state index is 13.9. The van der Waals surface area contributed by atoms with E-state index >= 15 is 0 Å². The van der Waals surface area contributed by atoms with Gasteiger partial charge in [0, 0.05) is 6.04 Å². The molecule has 0 amide bonds. The lowest BCUT2D eigenvalue weighted by atomic mass is 10.1. The van der Waals surface area contributed by atoms with Gasteiger partial charge < -0.3 is 10.1 Å². The van der Waals surface area contributed by atoms with Gasteiger partial charge >= 0.3 is 0 Å². The van der Waals surface area contributed by atoms with Gasteiger partial charge in [-0.25, -0.2) is 4.39 Å². The molecule has 0 saturated heterocycles. The number of hydrogen-bond donors (Lipinski definition) is 1. The fourth-order valence-corrected chi connectivity index (χ4v) is 1.79. The van der Waals surface area contributed by atoms with E-state index in [0.29, 0.717) is 12.4 Å². The van der Waals surface area contributed by atoms with Gasteiger partial charge in [-0.05, 0) is 50.4 Å². The standard InChI is InChI=1S/C16H24FNO/c1-4-6-7-11-19-16-9-8-14(12-15(16)17)13(3)18-10-5-2/h4,8-9,12-13,18H,1,5-7,10-11H2,2-3H3. The number of halogens is 1. The first kappa shape index (κ1) is 15.7. The number of unbranched alkanes of at least 4 members (excludes halogenated alkanes) is 1. The van der Waals surface area contributed by atoms with Crippen molar-refractivity contribution in [3.05, 3.63) is 42.2 Å². The van der Waals surface area contributed by atoms with Gasteiger partial charge in [-0.1, -0.05) is 19.1 Å². The minimum Gasteiger partial charge on any atom is -0.491 e. The lowest BCUT2D eigenvalue weighted by Crippen LogP contribution is -2.19. The molecule has 0 bridgehead atoms. The molecular weight excluding hydrogens is 241 g/mol. The van der Waals surface area contributed by atoms with Crippen molar-refractivity contribution >= 4 is 0 Å². The average molecular weight is 265 g/mol. The molecule has 106 valence electrons. The Morgan fingerprint density at radius 2 is 2.26 bits per heavy atom. The fourth-order valence-electron chi connectivity index (χ4n) is 1.79. The Hall–Kier alpha value is -1.35. The van der Waals surface area contributed by atoms with Crippen LogP contribution in [0.2, 0.25) is 0 Å². The Kier molecular flexibility index (Phi) is 7.19. The van der Waals surface area contributed by atoms with E-state index in [1.165, 1.54) is 0 Å². The van der Waals surface area contributed by atoms with E-state index in [2.05, 4.69) is 18.8 Å². The number of hydrogen-bond acceptors (Lipinski definition) is 2. The number of ether oxygens (including phenoxy) is 1. The summed E-state index contributed by atoms with van der Waals surface area (Å²) in [5.41, 5.74) is 0.949. The van der Waals surface area contributed by atoms with Crippen molar-refractivity contribution in [3.63, 3.8) is 0 Å². The lowest BCUT2D eigenvalue weighted by molar-refractivity contribution is 0.296. The molecule has 0 aliphatic carbocycles. The highest BCUT2D eigenvalue weighted by Gasteiger charge is 2.09. The summed E-state index contributed by atoms with van der Waals surface area (Å²) in [6.45, 7) is 9.24. The van der Waals surface area contributed by atoms with Crippen molar-refractivity contribution < 1.29 is 9.13 Å². The van der Waals surface area contributed by atoms with Gasteiger partial charge in [0.2, 0.25) is 0 Å². The Labute approximate surface area is 115 Å². The van der Waals surface area contributed by atoms with Crippen molar-refractivity contribution in [2.45, 2.75) is 39.2 Å². The molecule has 0 heterocycles. The number of allylic oxidation sites excluding steroid dienone is 1. The summed E-state index contributed by atoms with van der Waals surface area (Å²) >= 11 is 0. The van der Waals surface area contributed by atoms with Crippen LogP contribution in [0.3, 0.4) is 0 Å². The first-order valence-electron chi connectivity index (χ1n) is 6.95. The largest absolute Gasteiger partial charge is 0.491 e. The minimum atomic E-state index is -0.291. The molecule has 1 rings (SSSR count). The normalized spacial score (nSPS) is 12.2. The van der Waals surface area contributed by atoms with Crippen molar-refractivity contribution in [3.8, 4) is 5.75 Å². The van der Waals surface area contributed by atoms with Gasteiger partial charge in [0.25, 0.3) is 0 Å². The van der Waals surface area contributed by atoms with Crippen LogP contribution in [0.25, 0.3) is 0 Å². The second-order valence-corrected chi connectivity index (χ2v) is 4.65. The van der Waals surface area contributed by atoms with Gasteiger partial charge in [0.15, 0.2) is 11.6 Å². The monoisotopic (exact) mass is 265 g/mol. The molecule has 3 heteroatoms. The Balaban J connectivity index is 2.55. The van der Waals surface area contributed by atoms with Gasteiger partial charge in [-0.2, -0.15) is 0 Å². The summed E-state index contributed by atoms with van der Waals surface area (Å²) in [6, 6.07) is 5.34. The van der Waals surface area contributed by atoms with E-state index < -0.39 is 0 Å². The number of rotatable bonds is 9. The molecule has 0 fully saturated rings. The molecule has 2 nitrogen and oxygen atoms in total. The molecule has 0 spiro atoms. The molecule has 0 aliphatic heterocycles. The van der Waals surface area contributed by atoms with Crippen LogP contribution < -0.4 is 10.1 Å². The summed E-state index contributed by atoms with van der Waals surface area (Å²) in [7, 11) is 0. The number of nitrogens with one attached hydrogen (secondary N) is 1. The third-order valence-electron chi connectivity index (χ3n) is 2.97. The summed E-state index contributed by atoms with van der Waals surface area (Å²) in [5, 5.41) is 3.34. The molecule has 1 aromatic carbocycles. The minimum absolute atomic E-state index is 0.157. The first-order chi connectivity index (χ1) is 9.19. The lowest BCUT2D eigenvalue weighted by Gasteiger charge is -2.15. The SMILES string of the molecule is C=CCCCOc1ccc(C(C)NCCC)cc1F. The molecule has 0 aromatic heterocycles. The highest BCUT2D eigenvalue weighted by Crippen LogP contribution is 2.22. The summed E-state index contributed by atoms with van der Waals surface area (Å²) in [4.78, 5) is 0. The summed E-state index contributed by atoms with van der Waals surface area (Å²) in [5.74, 6) is 0.0387. The van der Waals surface area contributed by atoms with Gasteiger partial charge in [-0.3, -0.25) is 0 Å².